The minimum absolute atomic E-state index is 0.271. The summed E-state index contributed by atoms with van der Waals surface area (Å²) in [6, 6.07) is 5.63. The van der Waals surface area contributed by atoms with Crippen LogP contribution in [0.1, 0.15) is 11.3 Å². The molecule has 0 radical (unpaired) electrons. The fourth-order valence-corrected chi connectivity index (χ4v) is 1.56. The summed E-state index contributed by atoms with van der Waals surface area (Å²) in [4.78, 5) is 12.6. The number of rotatable bonds is 5. The van der Waals surface area contributed by atoms with Gasteiger partial charge in [-0.1, -0.05) is 18.3 Å². The van der Waals surface area contributed by atoms with E-state index in [2.05, 4.69) is 20.3 Å². The van der Waals surface area contributed by atoms with E-state index in [0.717, 1.165) is 18.5 Å². The molecule has 3 N–H and O–H groups in total. The molecule has 2 aromatic rings. The number of nitrogens with zero attached hydrogens (tertiary/aromatic N) is 3. The molecule has 18 heavy (non-hydrogen) atoms. The second-order valence-corrected chi connectivity index (χ2v) is 4.11. The molecule has 92 valence electrons. The maximum absolute atomic E-state index is 5.51. The summed E-state index contributed by atoms with van der Waals surface area (Å²) in [5, 5.41) is 3.12. The summed E-state index contributed by atoms with van der Waals surface area (Å²) < 4.78 is 0. The van der Waals surface area contributed by atoms with E-state index in [1.165, 1.54) is 0 Å². The molecule has 5 nitrogen and oxygen atoms in total. The van der Waals surface area contributed by atoms with Crippen LogP contribution in [0.2, 0.25) is 0 Å². The fourth-order valence-electron chi connectivity index (χ4n) is 1.45. The van der Waals surface area contributed by atoms with Gasteiger partial charge in [0, 0.05) is 25.1 Å². The third-order valence-electron chi connectivity index (χ3n) is 2.33. The van der Waals surface area contributed by atoms with Crippen molar-refractivity contribution in [1.82, 2.24) is 15.0 Å². The third-order valence-corrected chi connectivity index (χ3v) is 2.54. The van der Waals surface area contributed by atoms with Crippen LogP contribution in [0.3, 0.4) is 0 Å². The Morgan fingerprint density at radius 2 is 2.22 bits per heavy atom. The second-order valence-electron chi connectivity index (χ2n) is 3.67. The van der Waals surface area contributed by atoms with Gasteiger partial charge < -0.3 is 11.1 Å². The maximum atomic E-state index is 5.51. The summed E-state index contributed by atoms with van der Waals surface area (Å²) in [7, 11) is 0. The van der Waals surface area contributed by atoms with Gasteiger partial charge in [0.25, 0.3) is 0 Å². The molecule has 0 bridgehead atoms. The van der Waals surface area contributed by atoms with Crippen LogP contribution >= 0.6 is 12.2 Å². The van der Waals surface area contributed by atoms with E-state index in [9.17, 15) is 0 Å². The zero-order valence-corrected chi connectivity index (χ0v) is 10.5. The summed E-state index contributed by atoms with van der Waals surface area (Å²) in [6.07, 6.45) is 6.09. The Kier molecular flexibility index (Phi) is 4.14. The van der Waals surface area contributed by atoms with Gasteiger partial charge in [0.15, 0.2) is 0 Å². The molecule has 6 heteroatoms. The molecule has 0 atom stereocenters. The van der Waals surface area contributed by atoms with Crippen molar-refractivity contribution in [3.8, 4) is 0 Å². The minimum Gasteiger partial charge on any atom is -0.388 e. The van der Waals surface area contributed by atoms with Gasteiger partial charge in [-0.25, -0.2) is 9.97 Å². The lowest BCUT2D eigenvalue weighted by Crippen LogP contribution is -2.14. The fraction of sp³-hybridized carbons (Fsp3) is 0.167. The Hall–Kier alpha value is -2.08. The Bertz CT molecular complexity index is 529. The number of aromatic nitrogens is 3. The SMILES string of the molecule is NC(=S)c1ccnc(NCCc2cccnc2)n1. The second kappa shape index (κ2) is 6.02. The van der Waals surface area contributed by atoms with Crippen LogP contribution in [0.15, 0.2) is 36.8 Å². The standard InChI is InChI=1S/C12H13N5S/c13-11(18)10-4-7-16-12(17-10)15-6-3-9-2-1-5-14-8-9/h1-2,4-5,7-8H,3,6H2,(H2,13,18)(H,15,16,17). The summed E-state index contributed by atoms with van der Waals surface area (Å²) >= 11 is 4.86. The summed E-state index contributed by atoms with van der Waals surface area (Å²) in [6.45, 7) is 0.729. The smallest absolute Gasteiger partial charge is 0.223 e. The molecule has 0 aliphatic carbocycles. The van der Waals surface area contributed by atoms with E-state index in [1.807, 2.05) is 18.3 Å². The molecule has 2 heterocycles. The van der Waals surface area contributed by atoms with Crippen molar-refractivity contribution in [3.63, 3.8) is 0 Å². The van der Waals surface area contributed by atoms with Crippen LogP contribution in [0.25, 0.3) is 0 Å². The molecule has 0 aliphatic rings. The molecular formula is C12H13N5S. The Morgan fingerprint density at radius 1 is 1.33 bits per heavy atom. The Balaban J connectivity index is 1.90. The average molecular weight is 259 g/mol. The molecule has 0 saturated heterocycles. The van der Waals surface area contributed by atoms with Crippen LogP contribution in [0.4, 0.5) is 5.95 Å². The number of hydrogen-bond donors (Lipinski definition) is 2. The van der Waals surface area contributed by atoms with Crippen molar-refractivity contribution in [1.29, 1.82) is 0 Å². The quantitative estimate of drug-likeness (QED) is 0.785. The lowest BCUT2D eigenvalue weighted by Gasteiger charge is -2.05. The van der Waals surface area contributed by atoms with Crippen LogP contribution in [-0.4, -0.2) is 26.5 Å². The van der Waals surface area contributed by atoms with Crippen LogP contribution in [-0.2, 0) is 6.42 Å². The first kappa shape index (κ1) is 12.4. The lowest BCUT2D eigenvalue weighted by molar-refractivity contribution is 0.973. The predicted octanol–water partition coefficient (Wildman–Crippen LogP) is 1.16. The first-order chi connectivity index (χ1) is 8.75. The van der Waals surface area contributed by atoms with Crippen molar-refractivity contribution in [2.45, 2.75) is 6.42 Å². The van der Waals surface area contributed by atoms with E-state index < -0.39 is 0 Å². The molecule has 0 saturated carbocycles. The van der Waals surface area contributed by atoms with Crippen LogP contribution in [0.5, 0.6) is 0 Å². The molecular weight excluding hydrogens is 246 g/mol. The van der Waals surface area contributed by atoms with Gasteiger partial charge in [0.05, 0.1) is 0 Å². The van der Waals surface area contributed by atoms with Gasteiger partial charge in [-0.2, -0.15) is 0 Å². The zero-order valence-electron chi connectivity index (χ0n) is 9.71. The average Bonchev–Trinajstić information content (AvgIpc) is 2.40. The molecule has 0 amide bonds. The van der Waals surface area contributed by atoms with E-state index in [1.54, 1.807) is 18.5 Å². The van der Waals surface area contributed by atoms with Gasteiger partial charge in [-0.3, -0.25) is 4.98 Å². The number of nitrogens with one attached hydrogen (secondary N) is 1. The molecule has 0 aliphatic heterocycles. The first-order valence-electron chi connectivity index (χ1n) is 5.51. The Morgan fingerprint density at radius 3 is 2.94 bits per heavy atom. The first-order valence-corrected chi connectivity index (χ1v) is 5.92. The van der Waals surface area contributed by atoms with Gasteiger partial charge in [-0.15, -0.1) is 0 Å². The number of hydrogen-bond acceptors (Lipinski definition) is 5. The largest absolute Gasteiger partial charge is 0.388 e. The molecule has 0 spiro atoms. The van der Waals surface area contributed by atoms with Crippen molar-refractivity contribution in [2.24, 2.45) is 5.73 Å². The van der Waals surface area contributed by atoms with Crippen molar-refractivity contribution < 1.29 is 0 Å². The maximum Gasteiger partial charge on any atom is 0.223 e. The van der Waals surface area contributed by atoms with Crippen LogP contribution in [0, 0.1) is 0 Å². The van der Waals surface area contributed by atoms with E-state index in [0.29, 0.717) is 11.6 Å². The van der Waals surface area contributed by atoms with Gasteiger partial charge >= 0.3 is 0 Å². The van der Waals surface area contributed by atoms with E-state index >= 15 is 0 Å². The summed E-state index contributed by atoms with van der Waals surface area (Å²) in [5.74, 6) is 0.532. The normalized spacial score (nSPS) is 10.0. The van der Waals surface area contributed by atoms with Crippen molar-refractivity contribution >= 4 is 23.2 Å². The van der Waals surface area contributed by atoms with Gasteiger partial charge in [0.2, 0.25) is 5.95 Å². The predicted molar refractivity (Wildman–Crippen MR) is 74.4 cm³/mol. The molecule has 0 unspecified atom stereocenters. The minimum atomic E-state index is 0.271. The van der Waals surface area contributed by atoms with E-state index in [4.69, 9.17) is 18.0 Å². The van der Waals surface area contributed by atoms with E-state index in [-0.39, 0.29) is 4.99 Å². The van der Waals surface area contributed by atoms with Crippen LogP contribution < -0.4 is 11.1 Å². The highest BCUT2D eigenvalue weighted by Gasteiger charge is 2.01. The highest BCUT2D eigenvalue weighted by molar-refractivity contribution is 7.80. The topological polar surface area (TPSA) is 76.7 Å². The number of pyridine rings is 1. The Labute approximate surface area is 110 Å². The molecule has 2 rings (SSSR count). The highest BCUT2D eigenvalue weighted by atomic mass is 32.1. The van der Waals surface area contributed by atoms with Gasteiger partial charge in [0.1, 0.15) is 10.7 Å². The third kappa shape index (κ3) is 3.46. The zero-order chi connectivity index (χ0) is 12.8. The number of nitrogens with two attached hydrogens (primary N) is 1. The van der Waals surface area contributed by atoms with Crippen molar-refractivity contribution in [2.75, 3.05) is 11.9 Å². The molecule has 0 fully saturated rings. The monoisotopic (exact) mass is 259 g/mol. The number of anilines is 1. The molecule has 0 aromatic carbocycles. The van der Waals surface area contributed by atoms with Gasteiger partial charge in [-0.05, 0) is 24.1 Å². The summed E-state index contributed by atoms with van der Waals surface area (Å²) in [5.41, 5.74) is 7.24. The highest BCUT2D eigenvalue weighted by Crippen LogP contribution is 2.02. The van der Waals surface area contributed by atoms with Crippen molar-refractivity contribution in [3.05, 3.63) is 48.0 Å². The molecule has 2 aromatic heterocycles. The lowest BCUT2D eigenvalue weighted by atomic mass is 10.2. The number of thiocarbonyl (C=S) groups is 1.